The first kappa shape index (κ1) is 29.8. The van der Waals surface area contributed by atoms with Gasteiger partial charge in [-0.25, -0.2) is 13.4 Å². The smallest absolute Gasteiger partial charge is 0.264 e. The first-order valence-electron chi connectivity index (χ1n) is 13.0. The molecular formula is C29H34ClN5O3S2. The van der Waals surface area contributed by atoms with Crippen LogP contribution in [0.25, 0.3) is 10.2 Å². The zero-order valence-electron chi connectivity index (χ0n) is 22.8. The number of piperazine rings is 1. The fraction of sp³-hybridized carbons (Fsp3) is 0.310. The summed E-state index contributed by atoms with van der Waals surface area (Å²) in [7, 11) is -2.20. The van der Waals surface area contributed by atoms with Gasteiger partial charge < -0.3 is 10.2 Å². The molecule has 5 rings (SSSR count). The van der Waals surface area contributed by atoms with Crippen LogP contribution in [-0.2, 0) is 10.0 Å². The zero-order chi connectivity index (χ0) is 27.6. The van der Waals surface area contributed by atoms with E-state index in [1.807, 2.05) is 6.07 Å². The number of carbonyl (C=O) groups is 1. The van der Waals surface area contributed by atoms with Gasteiger partial charge in [0, 0.05) is 51.9 Å². The molecule has 1 saturated heterocycles. The highest BCUT2D eigenvalue weighted by Gasteiger charge is 2.22. The first-order valence-corrected chi connectivity index (χ1v) is 15.3. The molecule has 0 bridgehead atoms. The van der Waals surface area contributed by atoms with Gasteiger partial charge >= 0.3 is 0 Å². The number of thiazole rings is 1. The van der Waals surface area contributed by atoms with E-state index in [1.165, 1.54) is 39.3 Å². The zero-order valence-corrected chi connectivity index (χ0v) is 25.3. The number of sulfonamides is 1. The van der Waals surface area contributed by atoms with Crippen molar-refractivity contribution in [2.45, 2.75) is 18.7 Å². The average molecular weight is 600 g/mol. The lowest BCUT2D eigenvalue weighted by Gasteiger charge is -2.34. The molecule has 0 atom stereocenters. The third kappa shape index (κ3) is 6.41. The molecule has 0 aliphatic carbocycles. The third-order valence-corrected chi connectivity index (χ3v) is 10.1. The van der Waals surface area contributed by atoms with Crippen molar-refractivity contribution < 1.29 is 13.2 Å². The Labute approximate surface area is 246 Å². The van der Waals surface area contributed by atoms with E-state index < -0.39 is 10.0 Å². The quantitative estimate of drug-likeness (QED) is 0.316. The lowest BCUT2D eigenvalue weighted by molar-refractivity contribution is 0.0947. The summed E-state index contributed by atoms with van der Waals surface area (Å²) in [6, 6.07) is 19.3. The van der Waals surface area contributed by atoms with Crippen LogP contribution < -0.4 is 14.5 Å². The van der Waals surface area contributed by atoms with Gasteiger partial charge in [0.15, 0.2) is 5.13 Å². The second-order valence-electron chi connectivity index (χ2n) is 9.84. The van der Waals surface area contributed by atoms with E-state index in [0.717, 1.165) is 43.4 Å². The number of hydrogen-bond donors (Lipinski definition) is 1. The van der Waals surface area contributed by atoms with Gasteiger partial charge in [0.1, 0.15) is 0 Å². The van der Waals surface area contributed by atoms with Crippen molar-refractivity contribution >= 4 is 60.7 Å². The number of fused-ring (bicyclic) bond motifs is 1. The number of aryl methyl sites for hydroxylation is 2. The fourth-order valence-corrected chi connectivity index (χ4v) is 7.07. The summed E-state index contributed by atoms with van der Waals surface area (Å²) >= 11 is 1.76. The Bertz CT molecular complexity index is 1570. The van der Waals surface area contributed by atoms with Gasteiger partial charge in [0.25, 0.3) is 15.9 Å². The van der Waals surface area contributed by atoms with Crippen molar-refractivity contribution in [2.75, 3.05) is 55.5 Å². The van der Waals surface area contributed by atoms with Crippen LogP contribution in [0.1, 0.15) is 21.5 Å². The molecule has 8 nitrogen and oxygen atoms in total. The van der Waals surface area contributed by atoms with Crippen LogP contribution in [-0.4, -0.2) is 70.5 Å². The molecule has 1 aromatic heterocycles. The third-order valence-electron chi connectivity index (χ3n) is 7.06. The van der Waals surface area contributed by atoms with Crippen LogP contribution in [0.5, 0.6) is 0 Å². The number of para-hydroxylation sites is 1. The summed E-state index contributed by atoms with van der Waals surface area (Å²) in [5.74, 6) is -0.214. The van der Waals surface area contributed by atoms with Gasteiger partial charge in [-0.2, -0.15) is 0 Å². The normalized spacial score (nSPS) is 14.1. The molecule has 1 aliphatic heterocycles. The Morgan fingerprint density at radius 3 is 2.35 bits per heavy atom. The second-order valence-corrected chi connectivity index (χ2v) is 12.8. The molecule has 40 heavy (non-hydrogen) atoms. The van der Waals surface area contributed by atoms with Gasteiger partial charge in [-0.1, -0.05) is 35.6 Å². The minimum atomic E-state index is -3.72. The van der Waals surface area contributed by atoms with Crippen LogP contribution >= 0.6 is 23.7 Å². The summed E-state index contributed by atoms with van der Waals surface area (Å²) in [6.45, 7) is 9.15. The molecule has 4 aromatic rings. The molecule has 0 spiro atoms. The predicted octanol–water partition coefficient (Wildman–Crippen LogP) is 4.71. The van der Waals surface area contributed by atoms with Gasteiger partial charge in [-0.3, -0.25) is 14.0 Å². The Hall–Kier alpha value is -3.18. The molecule has 0 radical (unpaired) electrons. The van der Waals surface area contributed by atoms with Crippen molar-refractivity contribution in [1.29, 1.82) is 0 Å². The maximum Gasteiger partial charge on any atom is 0.264 e. The van der Waals surface area contributed by atoms with Crippen LogP contribution in [0.4, 0.5) is 10.8 Å². The fourth-order valence-electron chi connectivity index (χ4n) is 4.81. The second kappa shape index (κ2) is 12.6. The van der Waals surface area contributed by atoms with Gasteiger partial charge in [-0.05, 0) is 67.4 Å². The van der Waals surface area contributed by atoms with Crippen LogP contribution in [0.3, 0.4) is 0 Å². The standard InChI is InChI=1S/C29H33N5O3S2.ClH/c1-21-19-22(2)27-26(20-21)31-29(38-27)34-17-15-33(16-18-34)14-13-30-28(35)23-9-11-25(12-10-23)39(36,37)32(3)24-7-5-4-6-8-24;/h4-12,19-20H,13-18H2,1-3H3,(H,30,35);1H. The summed E-state index contributed by atoms with van der Waals surface area (Å²) in [6.07, 6.45) is 0. The average Bonchev–Trinajstić information content (AvgIpc) is 3.38. The van der Waals surface area contributed by atoms with E-state index in [4.69, 9.17) is 4.98 Å². The molecule has 11 heteroatoms. The van der Waals surface area contributed by atoms with E-state index in [0.29, 0.717) is 17.8 Å². The highest BCUT2D eigenvalue weighted by molar-refractivity contribution is 7.92. The van der Waals surface area contributed by atoms with Crippen LogP contribution in [0.2, 0.25) is 0 Å². The number of anilines is 2. The highest BCUT2D eigenvalue weighted by Crippen LogP contribution is 2.32. The van der Waals surface area contributed by atoms with E-state index in [2.05, 4.69) is 41.1 Å². The molecule has 0 unspecified atom stereocenters. The van der Waals surface area contributed by atoms with Crippen molar-refractivity contribution in [3.8, 4) is 0 Å². The van der Waals surface area contributed by atoms with E-state index in [-0.39, 0.29) is 23.2 Å². The van der Waals surface area contributed by atoms with Crippen molar-refractivity contribution in [3.05, 3.63) is 83.4 Å². The summed E-state index contributed by atoms with van der Waals surface area (Å²) in [5, 5.41) is 4.04. The number of aromatic nitrogens is 1. The largest absolute Gasteiger partial charge is 0.351 e. The Morgan fingerprint density at radius 2 is 1.68 bits per heavy atom. The first-order chi connectivity index (χ1) is 18.7. The van der Waals surface area contributed by atoms with E-state index in [1.54, 1.807) is 47.7 Å². The van der Waals surface area contributed by atoms with Crippen molar-refractivity contribution in [1.82, 2.24) is 15.2 Å². The molecule has 3 aromatic carbocycles. The van der Waals surface area contributed by atoms with Crippen molar-refractivity contribution in [3.63, 3.8) is 0 Å². The van der Waals surface area contributed by atoms with Gasteiger partial charge in [0.2, 0.25) is 0 Å². The van der Waals surface area contributed by atoms with Gasteiger partial charge in [-0.15, -0.1) is 12.4 Å². The Morgan fingerprint density at radius 1 is 1.00 bits per heavy atom. The lowest BCUT2D eigenvalue weighted by Crippen LogP contribution is -2.48. The van der Waals surface area contributed by atoms with Crippen LogP contribution in [0.15, 0.2) is 71.6 Å². The van der Waals surface area contributed by atoms with E-state index in [9.17, 15) is 13.2 Å². The Kier molecular flexibility index (Phi) is 9.35. The molecule has 1 aliphatic rings. The maximum atomic E-state index is 13.0. The summed E-state index contributed by atoms with van der Waals surface area (Å²) in [4.78, 5) is 22.4. The minimum Gasteiger partial charge on any atom is -0.351 e. The number of halogens is 1. The maximum absolute atomic E-state index is 13.0. The number of hydrogen-bond acceptors (Lipinski definition) is 7. The van der Waals surface area contributed by atoms with Crippen molar-refractivity contribution in [2.24, 2.45) is 0 Å². The lowest BCUT2D eigenvalue weighted by atomic mass is 10.1. The molecule has 212 valence electrons. The number of carbonyl (C=O) groups excluding carboxylic acids is 1. The SMILES string of the molecule is Cc1cc(C)c2sc(N3CCN(CCNC(=O)c4ccc(S(=O)(=O)N(C)c5ccccc5)cc4)CC3)nc2c1.Cl. The minimum absolute atomic E-state index is 0. The van der Waals surface area contributed by atoms with E-state index >= 15 is 0 Å². The highest BCUT2D eigenvalue weighted by atomic mass is 35.5. The van der Waals surface area contributed by atoms with Crippen LogP contribution in [0, 0.1) is 13.8 Å². The molecule has 1 N–H and O–H groups in total. The Balaban J connectivity index is 0.00000370. The number of amides is 1. The molecule has 1 amide bonds. The number of nitrogens with zero attached hydrogens (tertiary/aromatic N) is 4. The number of rotatable bonds is 8. The monoisotopic (exact) mass is 599 g/mol. The molecular weight excluding hydrogens is 566 g/mol. The molecule has 1 fully saturated rings. The van der Waals surface area contributed by atoms with Gasteiger partial charge in [0.05, 0.1) is 20.8 Å². The topological polar surface area (TPSA) is 85.8 Å². The summed E-state index contributed by atoms with van der Waals surface area (Å²) in [5.41, 5.74) is 4.60. The number of benzene rings is 3. The molecule has 2 heterocycles. The number of nitrogens with one attached hydrogen (secondary N) is 1. The summed E-state index contributed by atoms with van der Waals surface area (Å²) < 4.78 is 28.4. The predicted molar refractivity (Wildman–Crippen MR) is 166 cm³/mol. The molecule has 0 saturated carbocycles.